The first kappa shape index (κ1) is 21.0. The summed E-state index contributed by atoms with van der Waals surface area (Å²) in [6.07, 6.45) is 0. The van der Waals surface area contributed by atoms with Crippen LogP contribution in [0.1, 0.15) is 0 Å². The highest BCUT2D eigenvalue weighted by molar-refractivity contribution is 6.23. The highest BCUT2D eigenvalue weighted by Crippen LogP contribution is 2.46. The lowest BCUT2D eigenvalue weighted by molar-refractivity contribution is 0.669. The van der Waals surface area contributed by atoms with Crippen molar-refractivity contribution in [1.82, 2.24) is 0 Å². The van der Waals surface area contributed by atoms with Crippen LogP contribution >= 0.6 is 0 Å². The molecule has 8 rings (SSSR count). The second kappa shape index (κ2) is 8.22. The van der Waals surface area contributed by atoms with Crippen molar-refractivity contribution in [2.45, 2.75) is 0 Å². The number of para-hydroxylation sites is 2. The zero-order chi connectivity index (χ0) is 25.1. The first-order chi connectivity index (χ1) is 18.8. The Hall–Kier alpha value is -5.08. The normalized spacial score (nSPS) is 11.7. The minimum Gasteiger partial charge on any atom is -0.454 e. The third kappa shape index (κ3) is 3.14. The molecule has 178 valence electrons. The molecule has 0 aliphatic carbocycles. The van der Waals surface area contributed by atoms with Crippen LogP contribution in [-0.4, -0.2) is 0 Å². The van der Waals surface area contributed by atoms with E-state index >= 15 is 0 Å². The maximum Gasteiger partial charge on any atom is 0.160 e. The molecule has 7 aromatic carbocycles. The van der Waals surface area contributed by atoms with Gasteiger partial charge in [-0.2, -0.15) is 0 Å². The fourth-order valence-corrected chi connectivity index (χ4v) is 5.86. The summed E-state index contributed by atoms with van der Waals surface area (Å²) in [5, 5.41) is 9.65. The highest BCUT2D eigenvalue weighted by Gasteiger charge is 2.21. The Bertz CT molecular complexity index is 2140. The first-order valence-electron chi connectivity index (χ1n) is 12.9. The van der Waals surface area contributed by atoms with Crippen molar-refractivity contribution in [3.63, 3.8) is 0 Å². The summed E-state index contributed by atoms with van der Waals surface area (Å²) in [7, 11) is 0. The summed E-state index contributed by atoms with van der Waals surface area (Å²) in [5.41, 5.74) is 5.01. The van der Waals surface area contributed by atoms with Gasteiger partial charge in [0.15, 0.2) is 5.58 Å². The quantitative estimate of drug-likeness (QED) is 0.231. The molecule has 0 spiro atoms. The largest absolute Gasteiger partial charge is 0.454 e. The summed E-state index contributed by atoms with van der Waals surface area (Å²) in [6, 6.07) is 49.5. The third-order valence-electron chi connectivity index (χ3n) is 7.59. The summed E-state index contributed by atoms with van der Waals surface area (Å²) >= 11 is 0. The maximum absolute atomic E-state index is 6.63. The number of benzene rings is 7. The van der Waals surface area contributed by atoms with Crippen molar-refractivity contribution in [2.24, 2.45) is 0 Å². The van der Waals surface area contributed by atoms with Crippen LogP contribution in [0.5, 0.6) is 0 Å². The second-order valence-corrected chi connectivity index (χ2v) is 9.78. The SMILES string of the molecule is c1ccc(N(c2ccc3ccc4ccccc4c3c2)c2cc3ccccc3c3c2oc2ccccc23)cc1. The number of rotatable bonds is 3. The van der Waals surface area contributed by atoms with Gasteiger partial charge in [-0.3, -0.25) is 0 Å². The van der Waals surface area contributed by atoms with Gasteiger partial charge in [-0.05, 0) is 68.7 Å². The predicted molar refractivity (Wildman–Crippen MR) is 161 cm³/mol. The van der Waals surface area contributed by atoms with E-state index < -0.39 is 0 Å². The van der Waals surface area contributed by atoms with Crippen LogP contribution in [0.3, 0.4) is 0 Å². The van der Waals surface area contributed by atoms with E-state index in [0.717, 1.165) is 39.0 Å². The van der Waals surface area contributed by atoms with E-state index in [1.54, 1.807) is 0 Å². The van der Waals surface area contributed by atoms with Gasteiger partial charge in [0.25, 0.3) is 0 Å². The second-order valence-electron chi connectivity index (χ2n) is 9.78. The number of nitrogens with zero attached hydrogens (tertiary/aromatic N) is 1. The van der Waals surface area contributed by atoms with Crippen LogP contribution in [0, 0.1) is 0 Å². The van der Waals surface area contributed by atoms with Gasteiger partial charge in [0.2, 0.25) is 0 Å². The number of fused-ring (bicyclic) bond motifs is 8. The molecular weight excluding hydrogens is 462 g/mol. The standard InChI is InChI=1S/C36H23NO/c1-2-12-27(13-3-1)37(28-21-20-25-19-18-24-10-4-6-14-29(24)32(25)23-28)33-22-26-11-5-7-15-30(26)35-31-16-8-9-17-34(31)38-36(33)35/h1-23H. The van der Waals surface area contributed by atoms with Gasteiger partial charge in [-0.25, -0.2) is 0 Å². The highest BCUT2D eigenvalue weighted by atomic mass is 16.3. The molecule has 0 saturated carbocycles. The minimum atomic E-state index is 0.895. The van der Waals surface area contributed by atoms with Gasteiger partial charge in [-0.15, -0.1) is 0 Å². The fraction of sp³-hybridized carbons (Fsp3) is 0. The monoisotopic (exact) mass is 485 g/mol. The number of hydrogen-bond acceptors (Lipinski definition) is 2. The molecular formula is C36H23NO. The van der Waals surface area contributed by atoms with E-state index in [4.69, 9.17) is 4.42 Å². The van der Waals surface area contributed by atoms with Crippen molar-refractivity contribution in [3.8, 4) is 0 Å². The molecule has 1 aromatic heterocycles. The van der Waals surface area contributed by atoms with Crippen molar-refractivity contribution in [3.05, 3.63) is 140 Å². The van der Waals surface area contributed by atoms with Gasteiger partial charge in [0.05, 0.1) is 5.69 Å². The van der Waals surface area contributed by atoms with Crippen LogP contribution < -0.4 is 4.90 Å². The van der Waals surface area contributed by atoms with Crippen molar-refractivity contribution < 1.29 is 4.42 Å². The fourth-order valence-electron chi connectivity index (χ4n) is 5.86. The van der Waals surface area contributed by atoms with Crippen molar-refractivity contribution in [1.29, 1.82) is 0 Å². The molecule has 2 heteroatoms. The summed E-state index contributed by atoms with van der Waals surface area (Å²) in [5.74, 6) is 0. The molecule has 0 unspecified atom stereocenters. The molecule has 0 bridgehead atoms. The maximum atomic E-state index is 6.63. The lowest BCUT2D eigenvalue weighted by Gasteiger charge is -2.26. The Morgan fingerprint density at radius 1 is 0.421 bits per heavy atom. The van der Waals surface area contributed by atoms with Crippen LogP contribution in [0.2, 0.25) is 0 Å². The lowest BCUT2D eigenvalue weighted by Crippen LogP contribution is -2.10. The van der Waals surface area contributed by atoms with Gasteiger partial charge in [0, 0.05) is 22.1 Å². The molecule has 0 radical (unpaired) electrons. The van der Waals surface area contributed by atoms with E-state index in [9.17, 15) is 0 Å². The van der Waals surface area contributed by atoms with E-state index in [1.165, 1.54) is 32.3 Å². The average Bonchev–Trinajstić information content (AvgIpc) is 3.38. The van der Waals surface area contributed by atoms with E-state index in [2.05, 4.69) is 138 Å². The molecule has 0 saturated heterocycles. The predicted octanol–water partition coefficient (Wildman–Crippen LogP) is 10.5. The first-order valence-corrected chi connectivity index (χ1v) is 12.9. The van der Waals surface area contributed by atoms with Crippen LogP contribution in [-0.2, 0) is 0 Å². The smallest absolute Gasteiger partial charge is 0.160 e. The molecule has 0 N–H and O–H groups in total. The average molecular weight is 486 g/mol. The molecule has 1 heterocycles. The Kier molecular flexibility index (Phi) is 4.55. The molecule has 0 amide bonds. The summed E-state index contributed by atoms with van der Waals surface area (Å²) in [6.45, 7) is 0. The molecule has 0 fully saturated rings. The molecule has 38 heavy (non-hydrogen) atoms. The van der Waals surface area contributed by atoms with Crippen molar-refractivity contribution in [2.75, 3.05) is 4.90 Å². The third-order valence-corrected chi connectivity index (χ3v) is 7.59. The Morgan fingerprint density at radius 3 is 1.89 bits per heavy atom. The van der Waals surface area contributed by atoms with E-state index in [0.29, 0.717) is 0 Å². The van der Waals surface area contributed by atoms with Gasteiger partial charge in [-0.1, -0.05) is 103 Å². The number of furan rings is 1. The van der Waals surface area contributed by atoms with Gasteiger partial charge in [0.1, 0.15) is 5.58 Å². The zero-order valence-electron chi connectivity index (χ0n) is 20.6. The van der Waals surface area contributed by atoms with E-state index in [1.807, 2.05) is 6.07 Å². The Balaban J connectivity index is 1.49. The molecule has 2 nitrogen and oxygen atoms in total. The topological polar surface area (TPSA) is 16.4 Å². The summed E-state index contributed by atoms with van der Waals surface area (Å²) < 4.78 is 6.63. The Labute approximate surface area is 220 Å². The molecule has 8 aromatic rings. The van der Waals surface area contributed by atoms with Crippen LogP contribution in [0.25, 0.3) is 54.3 Å². The van der Waals surface area contributed by atoms with Crippen molar-refractivity contribution >= 4 is 71.3 Å². The molecule has 0 aliphatic rings. The van der Waals surface area contributed by atoms with Gasteiger partial charge < -0.3 is 9.32 Å². The number of hydrogen-bond donors (Lipinski definition) is 0. The molecule has 0 atom stereocenters. The van der Waals surface area contributed by atoms with Crippen LogP contribution in [0.4, 0.5) is 17.1 Å². The molecule has 0 aliphatic heterocycles. The number of anilines is 3. The Morgan fingerprint density at radius 2 is 1.05 bits per heavy atom. The van der Waals surface area contributed by atoms with Gasteiger partial charge >= 0.3 is 0 Å². The lowest BCUT2D eigenvalue weighted by atomic mass is 9.99. The van der Waals surface area contributed by atoms with Crippen LogP contribution in [0.15, 0.2) is 144 Å². The van der Waals surface area contributed by atoms with E-state index in [-0.39, 0.29) is 0 Å². The minimum absolute atomic E-state index is 0.895. The summed E-state index contributed by atoms with van der Waals surface area (Å²) in [4.78, 5) is 2.33. The zero-order valence-corrected chi connectivity index (χ0v) is 20.6.